The fraction of sp³-hybridized carbons (Fsp3) is 0.182. The van der Waals surface area contributed by atoms with Gasteiger partial charge >= 0.3 is 0 Å². The van der Waals surface area contributed by atoms with Crippen molar-refractivity contribution in [1.29, 1.82) is 0 Å². The van der Waals surface area contributed by atoms with Crippen LogP contribution in [0.25, 0.3) is 11.3 Å². The van der Waals surface area contributed by atoms with E-state index in [-0.39, 0.29) is 18.1 Å². The molecule has 0 aliphatic heterocycles. The van der Waals surface area contributed by atoms with E-state index in [1.165, 1.54) is 12.1 Å². The molecule has 27 heavy (non-hydrogen) atoms. The Labute approximate surface area is 158 Å². The summed E-state index contributed by atoms with van der Waals surface area (Å²) in [5, 5.41) is 2.79. The van der Waals surface area contributed by atoms with Crippen molar-refractivity contribution < 1.29 is 13.9 Å². The topological polar surface area (TPSA) is 51.2 Å². The molecule has 0 unspecified atom stereocenters. The van der Waals surface area contributed by atoms with Crippen LogP contribution in [-0.4, -0.2) is 17.5 Å². The van der Waals surface area contributed by atoms with Gasteiger partial charge in [0, 0.05) is 18.3 Å². The minimum absolute atomic E-state index is 0.130. The van der Waals surface area contributed by atoms with Gasteiger partial charge in [-0.2, -0.15) is 0 Å². The van der Waals surface area contributed by atoms with Gasteiger partial charge in [0.05, 0.1) is 18.7 Å². The van der Waals surface area contributed by atoms with Crippen LogP contribution in [-0.2, 0) is 17.8 Å². The second-order valence-electron chi connectivity index (χ2n) is 6.09. The number of aromatic nitrogens is 1. The van der Waals surface area contributed by atoms with Crippen LogP contribution in [0.4, 0.5) is 4.39 Å². The zero-order chi connectivity index (χ0) is 19.1. The molecule has 0 atom stereocenters. The number of carbonyl (C=O) groups excluding carboxylic acids is 1. The van der Waals surface area contributed by atoms with Crippen LogP contribution in [0.5, 0.6) is 5.75 Å². The van der Waals surface area contributed by atoms with Crippen molar-refractivity contribution in [3.05, 3.63) is 83.8 Å². The number of nitrogens with zero attached hydrogens (tertiary/aromatic N) is 1. The van der Waals surface area contributed by atoms with Gasteiger partial charge in [0.1, 0.15) is 11.6 Å². The summed E-state index contributed by atoms with van der Waals surface area (Å²) in [4.78, 5) is 16.5. The predicted molar refractivity (Wildman–Crippen MR) is 103 cm³/mol. The van der Waals surface area contributed by atoms with E-state index in [0.717, 1.165) is 28.1 Å². The molecule has 4 nitrogen and oxygen atoms in total. The first kappa shape index (κ1) is 18.6. The smallest absolute Gasteiger partial charge is 0.224 e. The van der Waals surface area contributed by atoms with E-state index in [1.54, 1.807) is 18.3 Å². The molecule has 1 amide bonds. The summed E-state index contributed by atoms with van der Waals surface area (Å²) in [6.45, 7) is 2.88. The van der Waals surface area contributed by atoms with Gasteiger partial charge in [-0.25, -0.2) is 4.39 Å². The largest absolute Gasteiger partial charge is 0.494 e. The van der Waals surface area contributed by atoms with Crippen LogP contribution in [0.1, 0.15) is 18.1 Å². The van der Waals surface area contributed by atoms with Gasteiger partial charge in [-0.15, -0.1) is 0 Å². The molecule has 0 saturated carbocycles. The standard InChI is InChI=1S/C22H21FN2O2/c1-2-27-20-9-7-18(8-10-20)21-11-6-17(14-24-21)13-22(26)25-15-16-4-3-5-19(23)12-16/h3-12,14H,2,13,15H2,1H3,(H,25,26). The summed E-state index contributed by atoms with van der Waals surface area (Å²) < 4.78 is 18.6. The van der Waals surface area contributed by atoms with Crippen molar-refractivity contribution >= 4 is 5.91 Å². The van der Waals surface area contributed by atoms with Crippen LogP contribution < -0.4 is 10.1 Å². The quantitative estimate of drug-likeness (QED) is 0.685. The van der Waals surface area contributed by atoms with Crippen molar-refractivity contribution in [2.24, 2.45) is 0 Å². The lowest BCUT2D eigenvalue weighted by Gasteiger charge is -2.07. The van der Waals surface area contributed by atoms with Crippen molar-refractivity contribution in [2.75, 3.05) is 6.61 Å². The monoisotopic (exact) mass is 364 g/mol. The van der Waals surface area contributed by atoms with Crippen molar-refractivity contribution in [3.8, 4) is 17.0 Å². The normalized spacial score (nSPS) is 10.4. The zero-order valence-electron chi connectivity index (χ0n) is 15.1. The second-order valence-corrected chi connectivity index (χ2v) is 6.09. The summed E-state index contributed by atoms with van der Waals surface area (Å²) in [6, 6.07) is 17.7. The molecule has 0 bridgehead atoms. The third kappa shape index (κ3) is 5.38. The summed E-state index contributed by atoms with van der Waals surface area (Å²) in [6.07, 6.45) is 1.93. The average Bonchev–Trinajstić information content (AvgIpc) is 2.68. The van der Waals surface area contributed by atoms with E-state index in [1.807, 2.05) is 43.3 Å². The van der Waals surface area contributed by atoms with Crippen molar-refractivity contribution in [2.45, 2.75) is 19.9 Å². The van der Waals surface area contributed by atoms with Gasteiger partial charge in [-0.1, -0.05) is 18.2 Å². The Morgan fingerprint density at radius 3 is 2.56 bits per heavy atom. The Morgan fingerprint density at radius 1 is 1.07 bits per heavy atom. The fourth-order valence-electron chi connectivity index (χ4n) is 2.68. The number of pyridine rings is 1. The minimum atomic E-state index is -0.309. The first-order valence-corrected chi connectivity index (χ1v) is 8.83. The van der Waals surface area contributed by atoms with Gasteiger partial charge < -0.3 is 10.1 Å². The number of halogens is 1. The van der Waals surface area contributed by atoms with E-state index in [4.69, 9.17) is 4.74 Å². The Kier molecular flexibility index (Phi) is 6.15. The highest BCUT2D eigenvalue weighted by atomic mass is 19.1. The molecule has 5 heteroatoms. The van der Waals surface area contributed by atoms with Gasteiger partial charge in [0.25, 0.3) is 0 Å². The molecule has 0 saturated heterocycles. The van der Waals surface area contributed by atoms with Crippen LogP contribution in [0, 0.1) is 5.82 Å². The van der Waals surface area contributed by atoms with Crippen LogP contribution in [0.2, 0.25) is 0 Å². The molecule has 0 aliphatic carbocycles. The highest BCUT2D eigenvalue weighted by molar-refractivity contribution is 5.78. The number of hydrogen-bond acceptors (Lipinski definition) is 3. The molecule has 1 N–H and O–H groups in total. The Hall–Kier alpha value is -3.21. The fourth-order valence-corrected chi connectivity index (χ4v) is 2.68. The molecular formula is C22H21FN2O2. The molecule has 3 rings (SSSR count). The highest BCUT2D eigenvalue weighted by Gasteiger charge is 2.06. The minimum Gasteiger partial charge on any atom is -0.494 e. The number of ether oxygens (including phenoxy) is 1. The summed E-state index contributed by atoms with van der Waals surface area (Å²) in [5.74, 6) is 0.388. The van der Waals surface area contributed by atoms with Crippen molar-refractivity contribution in [1.82, 2.24) is 10.3 Å². The van der Waals surface area contributed by atoms with Crippen molar-refractivity contribution in [3.63, 3.8) is 0 Å². The molecule has 0 fully saturated rings. The lowest BCUT2D eigenvalue weighted by Crippen LogP contribution is -2.24. The highest BCUT2D eigenvalue weighted by Crippen LogP contribution is 2.21. The lowest BCUT2D eigenvalue weighted by molar-refractivity contribution is -0.120. The number of carbonyl (C=O) groups is 1. The van der Waals surface area contributed by atoms with E-state index >= 15 is 0 Å². The van der Waals surface area contributed by atoms with E-state index in [0.29, 0.717) is 13.2 Å². The number of nitrogens with one attached hydrogen (secondary N) is 1. The van der Waals surface area contributed by atoms with Gasteiger partial charge in [0.2, 0.25) is 5.91 Å². The molecule has 2 aromatic carbocycles. The number of hydrogen-bond donors (Lipinski definition) is 1. The maximum Gasteiger partial charge on any atom is 0.224 e. The third-order valence-electron chi connectivity index (χ3n) is 4.03. The first-order valence-electron chi connectivity index (χ1n) is 8.83. The van der Waals surface area contributed by atoms with E-state index in [9.17, 15) is 9.18 Å². The molecule has 3 aromatic rings. The molecule has 138 valence electrons. The summed E-state index contributed by atoms with van der Waals surface area (Å²) >= 11 is 0. The van der Waals surface area contributed by atoms with E-state index in [2.05, 4.69) is 10.3 Å². The lowest BCUT2D eigenvalue weighted by atomic mass is 10.1. The van der Waals surface area contributed by atoms with Crippen LogP contribution in [0.15, 0.2) is 66.9 Å². The summed E-state index contributed by atoms with van der Waals surface area (Å²) in [5.41, 5.74) is 3.37. The molecular weight excluding hydrogens is 343 g/mol. The summed E-state index contributed by atoms with van der Waals surface area (Å²) in [7, 11) is 0. The average molecular weight is 364 g/mol. The SMILES string of the molecule is CCOc1ccc(-c2ccc(CC(=O)NCc3cccc(F)c3)cn2)cc1. The van der Waals surface area contributed by atoms with Crippen LogP contribution in [0.3, 0.4) is 0 Å². The molecule has 0 radical (unpaired) electrons. The predicted octanol–water partition coefficient (Wildman–Crippen LogP) is 4.15. The maximum absolute atomic E-state index is 13.1. The zero-order valence-corrected chi connectivity index (χ0v) is 15.1. The molecule has 0 spiro atoms. The Morgan fingerprint density at radius 2 is 1.89 bits per heavy atom. The van der Waals surface area contributed by atoms with Gasteiger partial charge in [0.15, 0.2) is 0 Å². The molecule has 0 aliphatic rings. The Balaban J connectivity index is 1.56. The van der Waals surface area contributed by atoms with Crippen LogP contribution >= 0.6 is 0 Å². The van der Waals surface area contributed by atoms with E-state index < -0.39 is 0 Å². The molecule has 1 aromatic heterocycles. The molecule has 1 heterocycles. The Bertz CT molecular complexity index is 893. The third-order valence-corrected chi connectivity index (χ3v) is 4.03. The van der Waals surface area contributed by atoms with Gasteiger partial charge in [-0.3, -0.25) is 9.78 Å². The number of rotatable bonds is 7. The second kappa shape index (κ2) is 8.94. The van der Waals surface area contributed by atoms with Gasteiger partial charge in [-0.05, 0) is 60.5 Å². The number of amides is 1. The maximum atomic E-state index is 13.1. The first-order chi connectivity index (χ1) is 13.1. The number of benzene rings is 2.